The van der Waals surface area contributed by atoms with Crippen molar-refractivity contribution in [2.24, 2.45) is 0 Å². The quantitative estimate of drug-likeness (QED) is 0.839. The minimum Gasteiger partial charge on any atom is -0.340 e. The van der Waals surface area contributed by atoms with Crippen LogP contribution in [-0.4, -0.2) is 54.7 Å². The van der Waals surface area contributed by atoms with Gasteiger partial charge in [0.15, 0.2) is 0 Å². The monoisotopic (exact) mass is 310 g/mol. The molecule has 1 aromatic heterocycles. The number of piperidine rings is 1. The Kier molecular flexibility index (Phi) is 4.38. The number of aryl methyl sites for hydroxylation is 1. The number of thiophene rings is 1. The van der Waals surface area contributed by atoms with E-state index in [1.807, 2.05) is 11.8 Å². The molecule has 2 aliphatic rings. The molecule has 110 valence electrons. The topological polar surface area (TPSA) is 23.6 Å². The van der Waals surface area contributed by atoms with E-state index < -0.39 is 0 Å². The molecule has 3 rings (SSSR count). The summed E-state index contributed by atoms with van der Waals surface area (Å²) in [6.07, 6.45) is 3.46. The molecular weight excluding hydrogens is 288 g/mol. The van der Waals surface area contributed by atoms with E-state index in [2.05, 4.69) is 35.3 Å². The standard InChI is InChI=1S/C15H22N2OS2/c1-16(2)11-4-3-7-17(10-11)15(18)14-12-5-8-19-13(12)6-9-20-14/h5,8,11,14H,3-4,6-7,9-10H2,1-2H3/t11-,14-/m0/s1. The average Bonchev–Trinajstić information content (AvgIpc) is 2.95. The average molecular weight is 310 g/mol. The number of carbonyl (C=O) groups excluding carboxylic acids is 1. The third kappa shape index (κ3) is 2.76. The van der Waals surface area contributed by atoms with Gasteiger partial charge in [0.1, 0.15) is 5.25 Å². The number of rotatable bonds is 2. The first kappa shape index (κ1) is 14.4. The van der Waals surface area contributed by atoms with Crippen LogP contribution in [0.3, 0.4) is 0 Å². The van der Waals surface area contributed by atoms with E-state index in [9.17, 15) is 4.79 Å². The number of amides is 1. The fourth-order valence-corrected chi connectivity index (χ4v) is 5.47. The van der Waals surface area contributed by atoms with E-state index in [4.69, 9.17) is 0 Å². The van der Waals surface area contributed by atoms with Crippen molar-refractivity contribution in [3.05, 3.63) is 21.9 Å². The van der Waals surface area contributed by atoms with Gasteiger partial charge >= 0.3 is 0 Å². The molecule has 3 nitrogen and oxygen atoms in total. The fraction of sp³-hybridized carbons (Fsp3) is 0.667. The summed E-state index contributed by atoms with van der Waals surface area (Å²) in [4.78, 5) is 18.6. The van der Waals surface area contributed by atoms with Crippen molar-refractivity contribution in [1.29, 1.82) is 0 Å². The minimum atomic E-state index is 0.0471. The van der Waals surface area contributed by atoms with Crippen molar-refractivity contribution in [2.75, 3.05) is 32.9 Å². The lowest BCUT2D eigenvalue weighted by molar-refractivity contribution is -0.132. The van der Waals surface area contributed by atoms with Gasteiger partial charge in [-0.2, -0.15) is 0 Å². The Labute approximate surface area is 129 Å². The van der Waals surface area contributed by atoms with Crippen LogP contribution in [0.2, 0.25) is 0 Å². The molecule has 20 heavy (non-hydrogen) atoms. The molecule has 1 saturated heterocycles. The molecule has 1 amide bonds. The number of likely N-dealkylation sites (N-methyl/N-ethyl adjacent to an activating group) is 1. The molecule has 0 unspecified atom stereocenters. The molecule has 2 atom stereocenters. The van der Waals surface area contributed by atoms with E-state index in [1.54, 1.807) is 11.3 Å². The largest absolute Gasteiger partial charge is 0.340 e. The van der Waals surface area contributed by atoms with Crippen molar-refractivity contribution in [3.8, 4) is 0 Å². The Morgan fingerprint density at radius 2 is 2.30 bits per heavy atom. The summed E-state index contributed by atoms with van der Waals surface area (Å²) in [6, 6.07) is 2.67. The van der Waals surface area contributed by atoms with Gasteiger partial charge in [-0.3, -0.25) is 4.79 Å². The van der Waals surface area contributed by atoms with Gasteiger partial charge in [-0.1, -0.05) is 0 Å². The molecule has 1 fully saturated rings. The van der Waals surface area contributed by atoms with E-state index in [0.29, 0.717) is 11.9 Å². The van der Waals surface area contributed by atoms with Crippen LogP contribution in [-0.2, 0) is 11.2 Å². The Morgan fingerprint density at radius 3 is 3.10 bits per heavy atom. The third-order valence-electron chi connectivity index (χ3n) is 4.34. The zero-order valence-corrected chi connectivity index (χ0v) is 13.8. The molecule has 5 heteroatoms. The number of nitrogens with zero attached hydrogens (tertiary/aromatic N) is 2. The van der Waals surface area contributed by atoms with Crippen LogP contribution < -0.4 is 0 Å². The van der Waals surface area contributed by atoms with Crippen molar-refractivity contribution in [2.45, 2.75) is 30.6 Å². The van der Waals surface area contributed by atoms with E-state index in [-0.39, 0.29) is 5.25 Å². The van der Waals surface area contributed by atoms with Crippen molar-refractivity contribution in [3.63, 3.8) is 0 Å². The molecule has 0 aromatic carbocycles. The van der Waals surface area contributed by atoms with Gasteiger partial charge in [0.2, 0.25) is 5.91 Å². The number of fused-ring (bicyclic) bond motifs is 1. The van der Waals surface area contributed by atoms with Crippen LogP contribution in [0, 0.1) is 0 Å². The summed E-state index contributed by atoms with van der Waals surface area (Å²) in [5.41, 5.74) is 1.28. The highest BCUT2D eigenvalue weighted by Crippen LogP contribution is 2.40. The van der Waals surface area contributed by atoms with Crippen molar-refractivity contribution < 1.29 is 4.79 Å². The zero-order chi connectivity index (χ0) is 14.1. The lowest BCUT2D eigenvalue weighted by Gasteiger charge is -2.38. The maximum Gasteiger partial charge on any atom is 0.240 e. The van der Waals surface area contributed by atoms with Crippen LogP contribution in [0.5, 0.6) is 0 Å². The van der Waals surface area contributed by atoms with Crippen molar-refractivity contribution >= 4 is 29.0 Å². The number of carbonyl (C=O) groups is 1. The highest BCUT2D eigenvalue weighted by atomic mass is 32.2. The summed E-state index contributed by atoms with van der Waals surface area (Å²) in [7, 11) is 4.23. The number of hydrogen-bond acceptors (Lipinski definition) is 4. The highest BCUT2D eigenvalue weighted by Gasteiger charge is 2.33. The Hall–Kier alpha value is -0.520. The van der Waals surface area contributed by atoms with Gasteiger partial charge in [0.05, 0.1) is 0 Å². The summed E-state index contributed by atoms with van der Waals surface area (Å²) in [6.45, 7) is 1.82. The molecule has 3 heterocycles. The molecule has 0 saturated carbocycles. The predicted octanol–water partition coefficient (Wildman–Crippen LogP) is 2.63. The van der Waals surface area contributed by atoms with Gasteiger partial charge in [0.25, 0.3) is 0 Å². The molecule has 2 aliphatic heterocycles. The smallest absolute Gasteiger partial charge is 0.240 e. The van der Waals surface area contributed by atoms with Crippen LogP contribution >= 0.6 is 23.1 Å². The van der Waals surface area contributed by atoms with Gasteiger partial charge in [-0.15, -0.1) is 23.1 Å². The fourth-order valence-electron chi connectivity index (χ4n) is 3.09. The van der Waals surface area contributed by atoms with Crippen molar-refractivity contribution in [1.82, 2.24) is 9.80 Å². The van der Waals surface area contributed by atoms with E-state index >= 15 is 0 Å². The Balaban J connectivity index is 1.74. The third-order valence-corrected chi connectivity index (χ3v) is 6.56. The normalized spacial score (nSPS) is 26.6. The Morgan fingerprint density at radius 1 is 1.45 bits per heavy atom. The number of hydrogen-bond donors (Lipinski definition) is 0. The molecule has 0 spiro atoms. The van der Waals surface area contributed by atoms with Gasteiger partial charge in [-0.05, 0) is 56.1 Å². The second kappa shape index (κ2) is 6.08. The van der Waals surface area contributed by atoms with Crippen LogP contribution in [0.25, 0.3) is 0 Å². The first-order valence-corrected chi connectivity index (χ1v) is 9.22. The maximum absolute atomic E-state index is 12.9. The molecule has 1 aromatic rings. The minimum absolute atomic E-state index is 0.0471. The van der Waals surface area contributed by atoms with Crippen LogP contribution in [0.4, 0.5) is 0 Å². The molecular formula is C15H22N2OS2. The lowest BCUT2D eigenvalue weighted by Crippen LogP contribution is -2.48. The highest BCUT2D eigenvalue weighted by molar-refractivity contribution is 8.00. The van der Waals surface area contributed by atoms with E-state index in [1.165, 1.54) is 16.9 Å². The lowest BCUT2D eigenvalue weighted by atomic mass is 10.0. The maximum atomic E-state index is 12.9. The summed E-state index contributed by atoms with van der Waals surface area (Å²) in [5, 5.41) is 2.18. The number of likely N-dealkylation sites (tertiary alicyclic amines) is 1. The van der Waals surface area contributed by atoms with Crippen LogP contribution in [0.1, 0.15) is 28.5 Å². The summed E-state index contributed by atoms with van der Waals surface area (Å²) in [5.74, 6) is 1.41. The molecule has 0 radical (unpaired) electrons. The van der Waals surface area contributed by atoms with Gasteiger partial charge < -0.3 is 9.80 Å². The first-order valence-electron chi connectivity index (χ1n) is 7.30. The second-order valence-electron chi connectivity index (χ2n) is 5.84. The first-order chi connectivity index (χ1) is 9.66. The Bertz CT molecular complexity index is 486. The van der Waals surface area contributed by atoms with Gasteiger partial charge in [-0.25, -0.2) is 0 Å². The van der Waals surface area contributed by atoms with Gasteiger partial charge in [0, 0.05) is 24.0 Å². The second-order valence-corrected chi connectivity index (χ2v) is 8.06. The summed E-state index contributed by atoms with van der Waals surface area (Å²) < 4.78 is 0. The SMILES string of the molecule is CN(C)[C@H]1CCCN(C(=O)[C@H]2SCCc3sccc32)C1. The molecule has 0 bridgehead atoms. The van der Waals surface area contributed by atoms with E-state index in [0.717, 1.165) is 31.7 Å². The molecule has 0 N–H and O–H groups in total. The molecule has 0 aliphatic carbocycles. The summed E-state index contributed by atoms with van der Waals surface area (Å²) >= 11 is 3.63. The van der Waals surface area contributed by atoms with Crippen LogP contribution in [0.15, 0.2) is 11.4 Å². The number of thioether (sulfide) groups is 1. The predicted molar refractivity (Wildman–Crippen MR) is 86.5 cm³/mol. The zero-order valence-electron chi connectivity index (χ0n) is 12.2.